The summed E-state index contributed by atoms with van der Waals surface area (Å²) in [7, 11) is 0. The lowest BCUT2D eigenvalue weighted by Gasteiger charge is -1.99. The van der Waals surface area contributed by atoms with Gasteiger partial charge >= 0.3 is 5.97 Å². The van der Waals surface area contributed by atoms with Crippen molar-refractivity contribution in [3.8, 4) is 5.69 Å². The molecule has 0 saturated carbocycles. The molecular formula is C14H12N6O3S. The fraction of sp³-hybridized carbons (Fsp3) is 0.143. The third-order valence-electron chi connectivity index (χ3n) is 3.07. The topological polar surface area (TPSA) is 122 Å². The van der Waals surface area contributed by atoms with Crippen molar-refractivity contribution in [3.63, 3.8) is 0 Å². The van der Waals surface area contributed by atoms with Gasteiger partial charge in [0, 0.05) is 0 Å². The number of amides is 1. The van der Waals surface area contributed by atoms with E-state index in [1.165, 1.54) is 6.21 Å². The fourth-order valence-corrected chi connectivity index (χ4v) is 2.87. The van der Waals surface area contributed by atoms with Crippen LogP contribution in [0.5, 0.6) is 0 Å². The van der Waals surface area contributed by atoms with Crippen LogP contribution in [0.3, 0.4) is 0 Å². The molecule has 0 bridgehead atoms. The van der Waals surface area contributed by atoms with Crippen LogP contribution in [-0.2, 0) is 9.59 Å². The van der Waals surface area contributed by atoms with Gasteiger partial charge in [-0.1, -0.05) is 29.1 Å². The van der Waals surface area contributed by atoms with Gasteiger partial charge < -0.3 is 10.4 Å². The van der Waals surface area contributed by atoms with Crippen molar-refractivity contribution in [2.75, 3.05) is 0 Å². The van der Waals surface area contributed by atoms with Gasteiger partial charge in [0.25, 0.3) is 0 Å². The molecule has 2 heterocycles. The number of nitrogens with one attached hydrogen (secondary N) is 1. The second-order valence-corrected chi connectivity index (χ2v) is 5.97. The molecule has 2 N–H and O–H groups in total. The van der Waals surface area contributed by atoms with E-state index in [9.17, 15) is 9.59 Å². The van der Waals surface area contributed by atoms with E-state index in [-0.39, 0.29) is 12.3 Å². The van der Waals surface area contributed by atoms with Crippen LogP contribution >= 0.6 is 11.8 Å². The van der Waals surface area contributed by atoms with Crippen LogP contribution in [0.15, 0.2) is 46.9 Å². The summed E-state index contributed by atoms with van der Waals surface area (Å²) in [5.74, 6) is -1.39. The number of rotatable bonds is 5. The van der Waals surface area contributed by atoms with E-state index in [0.29, 0.717) is 5.17 Å². The largest absolute Gasteiger partial charge is 0.481 e. The number of hydrogen-bond acceptors (Lipinski definition) is 7. The number of thioether (sulfide) groups is 1. The molecule has 1 aromatic carbocycles. The van der Waals surface area contributed by atoms with Gasteiger partial charge in [0.05, 0.1) is 30.7 Å². The summed E-state index contributed by atoms with van der Waals surface area (Å²) in [4.78, 5) is 22.2. The molecule has 1 amide bonds. The van der Waals surface area contributed by atoms with Gasteiger partial charge in [-0.05, 0) is 17.7 Å². The molecule has 0 aliphatic carbocycles. The number of carboxylic acids is 1. The molecule has 1 saturated heterocycles. The lowest BCUT2D eigenvalue weighted by atomic mass is 10.2. The number of aromatic nitrogens is 3. The quantitative estimate of drug-likeness (QED) is 0.607. The van der Waals surface area contributed by atoms with Crippen LogP contribution in [0.1, 0.15) is 12.0 Å². The standard InChI is InChI=1S/C14H12N6O3S/c21-12(22)7-11-13(23)17-14(24-11)18-16-8-9-1-3-10(4-2-9)20-6-5-15-19-20/h1-6,8,11H,7H2,(H,21,22)(H,17,18,23). The van der Waals surface area contributed by atoms with Crippen LogP contribution < -0.4 is 5.32 Å². The minimum atomic E-state index is -1.03. The lowest BCUT2D eigenvalue weighted by molar-refractivity contribution is -0.138. The zero-order valence-corrected chi connectivity index (χ0v) is 13.1. The van der Waals surface area contributed by atoms with Gasteiger partial charge in [0.1, 0.15) is 5.25 Å². The van der Waals surface area contributed by atoms with E-state index in [4.69, 9.17) is 5.11 Å². The average Bonchev–Trinajstić information content (AvgIpc) is 3.19. The van der Waals surface area contributed by atoms with Gasteiger partial charge in [-0.2, -0.15) is 5.10 Å². The first kappa shape index (κ1) is 15.9. The summed E-state index contributed by atoms with van der Waals surface area (Å²) in [6, 6.07) is 7.40. The number of nitrogens with zero attached hydrogens (tertiary/aromatic N) is 5. The normalized spacial score (nSPS) is 19.1. The lowest BCUT2D eigenvalue weighted by Crippen LogP contribution is -2.26. The van der Waals surface area contributed by atoms with Gasteiger partial charge in [0.15, 0.2) is 5.17 Å². The second-order valence-electron chi connectivity index (χ2n) is 4.78. The average molecular weight is 344 g/mol. The number of hydrogen-bond donors (Lipinski definition) is 2. The fourth-order valence-electron chi connectivity index (χ4n) is 1.95. The first-order valence-electron chi connectivity index (χ1n) is 6.89. The summed E-state index contributed by atoms with van der Waals surface area (Å²) >= 11 is 1.06. The third kappa shape index (κ3) is 3.84. The molecule has 24 heavy (non-hydrogen) atoms. The Morgan fingerprint density at radius 1 is 1.42 bits per heavy atom. The first-order chi connectivity index (χ1) is 11.6. The van der Waals surface area contributed by atoms with E-state index < -0.39 is 11.2 Å². The maximum absolute atomic E-state index is 11.6. The Labute approximate surface area is 140 Å². The van der Waals surface area contributed by atoms with Gasteiger partial charge in [-0.25, -0.2) is 4.68 Å². The van der Waals surface area contributed by atoms with Crippen molar-refractivity contribution in [1.29, 1.82) is 0 Å². The second kappa shape index (κ2) is 7.04. The van der Waals surface area contributed by atoms with Crippen molar-refractivity contribution in [1.82, 2.24) is 20.3 Å². The smallest absolute Gasteiger partial charge is 0.305 e. The summed E-state index contributed by atoms with van der Waals surface area (Å²) in [6.07, 6.45) is 4.62. The van der Waals surface area contributed by atoms with E-state index in [1.54, 1.807) is 17.1 Å². The molecule has 1 aromatic heterocycles. The van der Waals surface area contributed by atoms with Crippen molar-refractivity contribution < 1.29 is 14.7 Å². The minimum absolute atomic E-state index is 0.247. The van der Waals surface area contributed by atoms with Crippen molar-refractivity contribution >= 4 is 35.0 Å². The summed E-state index contributed by atoms with van der Waals surface area (Å²) in [5.41, 5.74) is 1.69. The maximum Gasteiger partial charge on any atom is 0.305 e. The monoisotopic (exact) mass is 344 g/mol. The molecule has 1 aliphatic heterocycles. The summed E-state index contributed by atoms with van der Waals surface area (Å²) in [5, 5.41) is 26.3. The van der Waals surface area contributed by atoms with E-state index in [0.717, 1.165) is 23.0 Å². The Kier molecular flexibility index (Phi) is 4.66. The SMILES string of the molecule is O=C(O)CC1SC(=NN=Cc2ccc(-n3ccnn3)cc2)NC1=O. The highest BCUT2D eigenvalue weighted by molar-refractivity contribution is 8.15. The first-order valence-corrected chi connectivity index (χ1v) is 7.77. The molecule has 122 valence electrons. The Hall–Kier alpha value is -3.01. The zero-order chi connectivity index (χ0) is 16.9. The maximum atomic E-state index is 11.6. The Morgan fingerprint density at radius 3 is 2.88 bits per heavy atom. The highest BCUT2D eigenvalue weighted by Crippen LogP contribution is 2.22. The number of carbonyl (C=O) groups excluding carboxylic acids is 1. The highest BCUT2D eigenvalue weighted by Gasteiger charge is 2.32. The third-order valence-corrected chi connectivity index (χ3v) is 4.14. The van der Waals surface area contributed by atoms with Crippen LogP contribution in [-0.4, -0.2) is 48.6 Å². The van der Waals surface area contributed by atoms with Crippen LogP contribution in [0.25, 0.3) is 5.69 Å². The number of aliphatic carboxylic acids is 1. The van der Waals surface area contributed by atoms with Crippen molar-refractivity contribution in [2.45, 2.75) is 11.7 Å². The van der Waals surface area contributed by atoms with Gasteiger partial charge in [-0.3, -0.25) is 9.59 Å². The Morgan fingerprint density at radius 2 is 2.21 bits per heavy atom. The molecular weight excluding hydrogens is 332 g/mol. The van der Waals surface area contributed by atoms with Crippen molar-refractivity contribution in [3.05, 3.63) is 42.2 Å². The molecule has 1 atom stereocenters. The molecule has 10 heteroatoms. The number of carbonyl (C=O) groups is 2. The minimum Gasteiger partial charge on any atom is -0.481 e. The molecule has 0 spiro atoms. The van der Waals surface area contributed by atoms with Crippen LogP contribution in [0.4, 0.5) is 0 Å². The molecule has 0 radical (unpaired) electrons. The number of benzene rings is 1. The predicted octanol–water partition coefficient (Wildman–Crippen LogP) is 0.663. The highest BCUT2D eigenvalue weighted by atomic mass is 32.2. The number of carboxylic acid groups (broad SMARTS) is 1. The molecule has 9 nitrogen and oxygen atoms in total. The number of amidine groups is 1. The Balaban J connectivity index is 1.62. The zero-order valence-electron chi connectivity index (χ0n) is 12.2. The van der Waals surface area contributed by atoms with Gasteiger partial charge in [-0.15, -0.1) is 10.2 Å². The molecule has 2 aromatic rings. The molecule has 1 unspecified atom stereocenters. The summed E-state index contributed by atoms with van der Waals surface area (Å²) < 4.78 is 1.63. The van der Waals surface area contributed by atoms with Crippen LogP contribution in [0.2, 0.25) is 0 Å². The van der Waals surface area contributed by atoms with E-state index in [2.05, 4.69) is 25.8 Å². The predicted molar refractivity (Wildman–Crippen MR) is 88.2 cm³/mol. The van der Waals surface area contributed by atoms with E-state index >= 15 is 0 Å². The molecule has 1 fully saturated rings. The van der Waals surface area contributed by atoms with Crippen molar-refractivity contribution in [2.24, 2.45) is 10.2 Å². The Bertz CT molecular complexity index is 800. The van der Waals surface area contributed by atoms with Gasteiger partial charge in [0.2, 0.25) is 5.91 Å². The molecule has 1 aliphatic rings. The van der Waals surface area contributed by atoms with E-state index in [1.807, 2.05) is 24.3 Å². The van der Waals surface area contributed by atoms with Crippen LogP contribution in [0, 0.1) is 0 Å². The molecule has 3 rings (SSSR count). The summed E-state index contributed by atoms with van der Waals surface area (Å²) in [6.45, 7) is 0.